The number of halogens is 1. The lowest BCUT2D eigenvalue weighted by Crippen LogP contribution is -2.39. The molecule has 3 heterocycles. The van der Waals surface area contributed by atoms with Gasteiger partial charge in [0.05, 0.1) is 51.0 Å². The first kappa shape index (κ1) is 31.4. The maximum atomic E-state index is 14.1. The first-order chi connectivity index (χ1) is 23.4. The minimum atomic E-state index is -0.151. The quantitative estimate of drug-likeness (QED) is 0.184. The fourth-order valence-electron chi connectivity index (χ4n) is 6.53. The van der Waals surface area contributed by atoms with E-state index in [4.69, 9.17) is 21.1 Å². The van der Waals surface area contributed by atoms with Crippen LogP contribution in [0.15, 0.2) is 90.1 Å². The Bertz CT molecular complexity index is 2170. The Balaban J connectivity index is 1.08. The Morgan fingerprint density at radius 3 is 2.50 bits per heavy atom. The van der Waals surface area contributed by atoms with Crippen molar-refractivity contribution >= 4 is 39.4 Å². The molecular weight excluding hydrogens is 628 g/mol. The van der Waals surface area contributed by atoms with Gasteiger partial charge < -0.3 is 14.8 Å². The highest BCUT2D eigenvalue weighted by atomic mass is 35.5. The van der Waals surface area contributed by atoms with Crippen LogP contribution in [0.1, 0.15) is 47.3 Å². The molecular formula is C37H35ClN6O4. The molecule has 1 saturated carbocycles. The van der Waals surface area contributed by atoms with Crippen LogP contribution in [0, 0.1) is 12.8 Å². The minimum Gasteiger partial charge on any atom is -0.497 e. The van der Waals surface area contributed by atoms with Gasteiger partial charge in [-0.25, -0.2) is 14.8 Å². The lowest BCUT2D eigenvalue weighted by Gasteiger charge is -2.29. The van der Waals surface area contributed by atoms with Crippen LogP contribution in [0.5, 0.6) is 11.6 Å². The van der Waals surface area contributed by atoms with E-state index in [-0.39, 0.29) is 17.6 Å². The van der Waals surface area contributed by atoms with Gasteiger partial charge in [0.2, 0.25) is 5.88 Å². The molecule has 3 aromatic heterocycles. The van der Waals surface area contributed by atoms with Gasteiger partial charge in [0.15, 0.2) is 0 Å². The number of aryl methyl sites for hydroxylation is 1. The molecule has 6 aromatic rings. The van der Waals surface area contributed by atoms with Crippen LogP contribution in [0.4, 0.5) is 0 Å². The number of carbonyl (C=O) groups is 1. The van der Waals surface area contributed by atoms with Gasteiger partial charge >= 0.3 is 5.69 Å². The first-order valence-electron chi connectivity index (χ1n) is 16.0. The number of ether oxygens (including phenoxy) is 2. The van der Waals surface area contributed by atoms with Crippen molar-refractivity contribution in [3.05, 3.63) is 118 Å². The number of aromatic nitrogens is 5. The average Bonchev–Trinajstić information content (AvgIpc) is 3.39. The Labute approximate surface area is 282 Å². The zero-order chi connectivity index (χ0) is 33.2. The van der Waals surface area contributed by atoms with Crippen LogP contribution < -0.4 is 20.5 Å². The zero-order valence-corrected chi connectivity index (χ0v) is 27.5. The van der Waals surface area contributed by atoms with Crippen LogP contribution in [0.3, 0.4) is 0 Å². The van der Waals surface area contributed by atoms with Gasteiger partial charge in [-0.2, -0.15) is 0 Å². The second kappa shape index (κ2) is 13.5. The number of hydrogen-bond donors (Lipinski definition) is 1. The summed E-state index contributed by atoms with van der Waals surface area (Å²) in [5, 5.41) is 4.36. The molecule has 0 bridgehead atoms. The fourth-order valence-corrected chi connectivity index (χ4v) is 6.69. The van der Waals surface area contributed by atoms with E-state index in [1.54, 1.807) is 30.9 Å². The number of methoxy groups -OCH3 is 1. The molecule has 1 fully saturated rings. The normalized spacial score (nSPS) is 16.2. The van der Waals surface area contributed by atoms with Crippen molar-refractivity contribution in [2.24, 2.45) is 5.92 Å². The van der Waals surface area contributed by atoms with Gasteiger partial charge in [-0.3, -0.25) is 18.9 Å². The summed E-state index contributed by atoms with van der Waals surface area (Å²) in [6, 6.07) is 23.0. The summed E-state index contributed by atoms with van der Waals surface area (Å²) in [4.78, 5) is 40.1. The Kier molecular flexibility index (Phi) is 8.82. The maximum Gasteiger partial charge on any atom is 0.333 e. The van der Waals surface area contributed by atoms with E-state index in [0.29, 0.717) is 46.7 Å². The largest absolute Gasteiger partial charge is 0.497 e. The molecule has 244 valence electrons. The number of amides is 1. The lowest BCUT2D eigenvalue weighted by atomic mass is 9.85. The number of pyridine rings is 1. The first-order valence-corrected chi connectivity index (χ1v) is 16.4. The highest BCUT2D eigenvalue weighted by molar-refractivity contribution is 6.30. The van der Waals surface area contributed by atoms with Gasteiger partial charge in [-0.15, -0.1) is 0 Å². The Morgan fingerprint density at radius 2 is 1.73 bits per heavy atom. The van der Waals surface area contributed by atoms with Crippen molar-refractivity contribution in [2.75, 3.05) is 7.11 Å². The molecule has 1 aliphatic rings. The van der Waals surface area contributed by atoms with Gasteiger partial charge in [-0.05, 0) is 92.6 Å². The molecule has 3 aromatic carbocycles. The summed E-state index contributed by atoms with van der Waals surface area (Å²) in [6.45, 7) is 2.75. The third-order valence-corrected chi connectivity index (χ3v) is 9.34. The van der Waals surface area contributed by atoms with Crippen molar-refractivity contribution in [3.8, 4) is 17.3 Å². The van der Waals surface area contributed by atoms with Crippen LogP contribution in [-0.2, 0) is 13.2 Å². The van der Waals surface area contributed by atoms with Crippen molar-refractivity contribution < 1.29 is 14.3 Å². The van der Waals surface area contributed by atoms with Crippen molar-refractivity contribution in [1.82, 2.24) is 29.4 Å². The molecule has 0 radical (unpaired) electrons. The van der Waals surface area contributed by atoms with E-state index in [1.165, 1.54) is 6.33 Å². The van der Waals surface area contributed by atoms with E-state index in [0.717, 1.165) is 59.1 Å². The highest BCUT2D eigenvalue weighted by Crippen LogP contribution is 2.29. The monoisotopic (exact) mass is 662 g/mol. The summed E-state index contributed by atoms with van der Waals surface area (Å²) in [6.07, 6.45) is 6.50. The number of fused-ring (bicyclic) bond motifs is 2. The molecule has 0 saturated heterocycles. The number of benzene rings is 3. The molecule has 0 atom stereocenters. The maximum absolute atomic E-state index is 14.1. The second-order valence-corrected chi connectivity index (χ2v) is 12.6. The zero-order valence-electron chi connectivity index (χ0n) is 26.7. The van der Waals surface area contributed by atoms with Gasteiger partial charge in [0, 0.05) is 18.8 Å². The number of imidazole rings is 1. The second-order valence-electron chi connectivity index (χ2n) is 12.2. The minimum absolute atomic E-state index is 0.0647. The van der Waals surface area contributed by atoms with Crippen LogP contribution in [0.2, 0.25) is 5.02 Å². The van der Waals surface area contributed by atoms with Gasteiger partial charge in [0.25, 0.3) is 5.91 Å². The molecule has 1 amide bonds. The standard InChI is InChI=1S/C37H35ClN6O4/c1-23-31(17-26(38)19-39-23)35(45)42-27-11-7-24(8-12-27)20-43-33-5-3-4-6-34(33)44(37(43)46)28-13-16-30-32(18-28)40-22-41-36(30)48-21-25-9-14-29(47-2)15-10-25/h3-6,9-10,13-19,22,24,27H,7-8,11-12,20-21H2,1-2H3,(H,42,45)/t24-,27-. The molecule has 7 rings (SSSR count). The number of rotatable bonds is 9. The molecule has 1 N–H and O–H groups in total. The predicted molar refractivity (Wildman–Crippen MR) is 185 cm³/mol. The predicted octanol–water partition coefficient (Wildman–Crippen LogP) is 6.67. The summed E-state index contributed by atoms with van der Waals surface area (Å²) < 4.78 is 14.9. The lowest BCUT2D eigenvalue weighted by molar-refractivity contribution is 0.0919. The number of para-hydroxylation sites is 2. The summed E-state index contributed by atoms with van der Waals surface area (Å²) in [5.41, 5.74) is 5.16. The van der Waals surface area contributed by atoms with Gasteiger partial charge in [0.1, 0.15) is 18.7 Å². The molecule has 11 heteroatoms. The number of nitrogens with one attached hydrogen (secondary N) is 1. The third kappa shape index (κ3) is 6.35. The molecule has 0 unspecified atom stereocenters. The summed E-state index contributed by atoms with van der Waals surface area (Å²) in [5.74, 6) is 1.41. The van der Waals surface area contributed by atoms with E-state index in [2.05, 4.69) is 20.3 Å². The van der Waals surface area contributed by atoms with Crippen molar-refractivity contribution in [3.63, 3.8) is 0 Å². The average molecular weight is 663 g/mol. The van der Waals surface area contributed by atoms with Crippen molar-refractivity contribution in [1.29, 1.82) is 0 Å². The van der Waals surface area contributed by atoms with Gasteiger partial charge in [-0.1, -0.05) is 35.9 Å². The van der Waals surface area contributed by atoms with E-state index in [1.807, 2.05) is 71.3 Å². The molecule has 0 aliphatic heterocycles. The third-order valence-electron chi connectivity index (χ3n) is 9.13. The molecule has 10 nitrogen and oxygen atoms in total. The summed E-state index contributed by atoms with van der Waals surface area (Å²) in [7, 11) is 1.64. The highest BCUT2D eigenvalue weighted by Gasteiger charge is 2.26. The smallest absolute Gasteiger partial charge is 0.333 e. The number of hydrogen-bond acceptors (Lipinski definition) is 7. The molecule has 48 heavy (non-hydrogen) atoms. The van der Waals surface area contributed by atoms with Crippen LogP contribution in [0.25, 0.3) is 27.6 Å². The molecule has 1 aliphatic carbocycles. The molecule has 0 spiro atoms. The van der Waals surface area contributed by atoms with Crippen LogP contribution >= 0.6 is 11.6 Å². The topological polar surface area (TPSA) is 113 Å². The van der Waals surface area contributed by atoms with E-state index in [9.17, 15) is 9.59 Å². The van der Waals surface area contributed by atoms with Crippen molar-refractivity contribution in [2.45, 2.75) is 51.8 Å². The number of nitrogens with zero attached hydrogens (tertiary/aromatic N) is 5. The number of carbonyl (C=O) groups excluding carboxylic acids is 1. The summed E-state index contributed by atoms with van der Waals surface area (Å²) >= 11 is 6.08. The fraction of sp³-hybridized carbons (Fsp3) is 0.270. The Hall–Kier alpha value is -5.22. The SMILES string of the molecule is COc1ccc(COc2ncnc3cc(-n4c(=O)n(C[C@H]5CC[C@H](NC(=O)c6cc(Cl)cnc6C)CC5)c5ccccc54)ccc23)cc1. The van der Waals surface area contributed by atoms with Crippen LogP contribution in [-0.4, -0.2) is 43.1 Å². The van der Waals surface area contributed by atoms with E-state index < -0.39 is 0 Å². The Morgan fingerprint density at radius 1 is 0.958 bits per heavy atom. The van der Waals surface area contributed by atoms with E-state index >= 15 is 0 Å².